The van der Waals surface area contributed by atoms with E-state index in [-0.39, 0.29) is 12.5 Å². The molecule has 0 radical (unpaired) electrons. The molecular weight excluding hydrogens is 300 g/mol. The lowest BCUT2D eigenvalue weighted by molar-refractivity contribution is -0.127. The maximum Gasteiger partial charge on any atom is 0.243 e. The molecule has 7 heteroatoms. The number of hydrogen-bond donors (Lipinski definition) is 2. The van der Waals surface area contributed by atoms with E-state index in [0.29, 0.717) is 18.4 Å². The fourth-order valence-corrected chi connectivity index (χ4v) is 2.68. The maximum atomic E-state index is 11.7. The first kappa shape index (κ1) is 16.8. The van der Waals surface area contributed by atoms with Gasteiger partial charge in [-0.05, 0) is 17.9 Å². The molecule has 2 heterocycles. The number of aliphatic imine (C=N–C) groups is 1. The van der Waals surface area contributed by atoms with Gasteiger partial charge >= 0.3 is 0 Å². The minimum Gasteiger partial charge on any atom is -0.381 e. The molecule has 1 aromatic rings. The summed E-state index contributed by atoms with van der Waals surface area (Å²) in [6.45, 7) is 3.30. The second-order valence-electron chi connectivity index (χ2n) is 5.50. The van der Waals surface area contributed by atoms with Crippen molar-refractivity contribution in [2.45, 2.75) is 13.0 Å². The van der Waals surface area contributed by atoms with Crippen LogP contribution >= 0.6 is 11.3 Å². The molecule has 1 unspecified atom stereocenters. The number of rotatable bonds is 6. The van der Waals surface area contributed by atoms with Crippen molar-refractivity contribution in [3.05, 3.63) is 22.4 Å². The third kappa shape index (κ3) is 5.65. The maximum absolute atomic E-state index is 11.7. The summed E-state index contributed by atoms with van der Waals surface area (Å²) in [7, 11) is 3.47. The average molecular weight is 324 g/mol. The Hall–Kier alpha value is -1.60. The van der Waals surface area contributed by atoms with E-state index in [9.17, 15) is 4.79 Å². The van der Waals surface area contributed by atoms with Crippen LogP contribution in [-0.4, -0.2) is 57.2 Å². The number of guanidine groups is 1. The number of carbonyl (C=O) groups is 1. The van der Waals surface area contributed by atoms with Gasteiger partial charge < -0.3 is 20.3 Å². The standard InChI is InChI=1S/C15H24N4O2S/c1-19(2)14(20)10-18-15(16-8-12-5-6-21-11-12)17-9-13-4-3-7-22-13/h3-4,7,12H,5-6,8-11H2,1-2H3,(H2,16,17,18). The summed E-state index contributed by atoms with van der Waals surface area (Å²) in [5.41, 5.74) is 0. The predicted molar refractivity (Wildman–Crippen MR) is 89.1 cm³/mol. The summed E-state index contributed by atoms with van der Waals surface area (Å²) < 4.78 is 5.38. The highest BCUT2D eigenvalue weighted by Gasteiger charge is 2.16. The number of carbonyl (C=O) groups excluding carboxylic acids is 1. The molecule has 0 bridgehead atoms. The van der Waals surface area contributed by atoms with Gasteiger partial charge in [0.05, 0.1) is 13.2 Å². The van der Waals surface area contributed by atoms with Gasteiger partial charge in [0.15, 0.2) is 5.96 Å². The van der Waals surface area contributed by atoms with Crippen molar-refractivity contribution in [1.29, 1.82) is 0 Å². The molecule has 1 aliphatic rings. The number of thiophene rings is 1. The Labute approximate surface area is 135 Å². The second-order valence-corrected chi connectivity index (χ2v) is 6.53. The molecule has 1 fully saturated rings. The van der Waals surface area contributed by atoms with Gasteiger partial charge in [-0.15, -0.1) is 11.3 Å². The van der Waals surface area contributed by atoms with Crippen LogP contribution in [0.3, 0.4) is 0 Å². The van der Waals surface area contributed by atoms with E-state index in [1.807, 2.05) is 11.4 Å². The van der Waals surface area contributed by atoms with Gasteiger partial charge in [0, 0.05) is 38.0 Å². The third-order valence-corrected chi connectivity index (χ3v) is 4.34. The van der Waals surface area contributed by atoms with Gasteiger partial charge in [-0.1, -0.05) is 6.07 Å². The Bertz CT molecular complexity index is 482. The van der Waals surface area contributed by atoms with E-state index in [2.05, 4.69) is 21.7 Å². The van der Waals surface area contributed by atoms with Crippen molar-refractivity contribution in [3.8, 4) is 0 Å². The Morgan fingerprint density at radius 2 is 2.36 bits per heavy atom. The highest BCUT2D eigenvalue weighted by Crippen LogP contribution is 2.10. The molecule has 0 spiro atoms. The van der Waals surface area contributed by atoms with Gasteiger partial charge in [-0.25, -0.2) is 4.99 Å². The van der Waals surface area contributed by atoms with Crippen molar-refractivity contribution in [2.75, 3.05) is 40.4 Å². The minimum absolute atomic E-state index is 0.0126. The van der Waals surface area contributed by atoms with Crippen LogP contribution in [0.5, 0.6) is 0 Å². The van der Waals surface area contributed by atoms with Gasteiger partial charge in [-0.3, -0.25) is 4.79 Å². The zero-order valence-corrected chi connectivity index (χ0v) is 14.0. The SMILES string of the molecule is CN(C)C(=O)CN=C(NCc1cccs1)NCC1CCOC1. The topological polar surface area (TPSA) is 66.0 Å². The molecule has 1 atom stereocenters. The van der Waals surface area contributed by atoms with Crippen molar-refractivity contribution in [1.82, 2.24) is 15.5 Å². The third-order valence-electron chi connectivity index (χ3n) is 3.46. The van der Waals surface area contributed by atoms with Crippen LogP contribution in [0.1, 0.15) is 11.3 Å². The lowest BCUT2D eigenvalue weighted by atomic mass is 10.1. The van der Waals surface area contributed by atoms with Crippen LogP contribution in [-0.2, 0) is 16.1 Å². The summed E-state index contributed by atoms with van der Waals surface area (Å²) in [5.74, 6) is 1.18. The zero-order chi connectivity index (χ0) is 15.8. The molecular formula is C15H24N4O2S. The summed E-state index contributed by atoms with van der Waals surface area (Å²) in [6.07, 6.45) is 1.07. The first-order chi connectivity index (χ1) is 10.6. The molecule has 1 amide bonds. The summed E-state index contributed by atoms with van der Waals surface area (Å²) in [5, 5.41) is 8.64. The van der Waals surface area contributed by atoms with Crippen molar-refractivity contribution in [2.24, 2.45) is 10.9 Å². The Kier molecular flexibility index (Phi) is 6.67. The van der Waals surface area contributed by atoms with E-state index < -0.39 is 0 Å². The predicted octanol–water partition coefficient (Wildman–Crippen LogP) is 0.908. The van der Waals surface area contributed by atoms with Gasteiger partial charge in [0.1, 0.15) is 6.54 Å². The summed E-state index contributed by atoms with van der Waals surface area (Å²) >= 11 is 1.70. The molecule has 0 aromatic carbocycles. The molecule has 2 N–H and O–H groups in total. The lowest BCUT2D eigenvalue weighted by Crippen LogP contribution is -2.40. The average Bonchev–Trinajstić information content (AvgIpc) is 3.19. The molecule has 22 heavy (non-hydrogen) atoms. The van der Waals surface area contributed by atoms with E-state index in [4.69, 9.17) is 4.74 Å². The largest absolute Gasteiger partial charge is 0.381 e. The minimum atomic E-state index is -0.0126. The second kappa shape index (κ2) is 8.75. The Morgan fingerprint density at radius 1 is 1.50 bits per heavy atom. The van der Waals surface area contributed by atoms with E-state index in [1.165, 1.54) is 4.88 Å². The van der Waals surface area contributed by atoms with Crippen LogP contribution in [0.2, 0.25) is 0 Å². The van der Waals surface area contributed by atoms with E-state index in [0.717, 1.165) is 26.2 Å². The molecule has 0 aliphatic carbocycles. The Balaban J connectivity index is 1.86. The molecule has 0 saturated carbocycles. The number of hydrogen-bond acceptors (Lipinski definition) is 4. The number of nitrogens with one attached hydrogen (secondary N) is 2. The van der Waals surface area contributed by atoms with Crippen molar-refractivity contribution < 1.29 is 9.53 Å². The lowest BCUT2D eigenvalue weighted by Gasteiger charge is -2.15. The van der Waals surface area contributed by atoms with Gasteiger partial charge in [0.2, 0.25) is 5.91 Å². The van der Waals surface area contributed by atoms with Crippen LogP contribution in [0.15, 0.2) is 22.5 Å². The summed E-state index contributed by atoms with van der Waals surface area (Å²) in [4.78, 5) is 18.8. The molecule has 1 aliphatic heterocycles. The zero-order valence-electron chi connectivity index (χ0n) is 13.2. The quantitative estimate of drug-likeness (QED) is 0.603. The Morgan fingerprint density at radius 3 is 3.00 bits per heavy atom. The summed E-state index contributed by atoms with van der Waals surface area (Å²) in [6, 6.07) is 4.10. The molecule has 6 nitrogen and oxygen atoms in total. The van der Waals surface area contributed by atoms with E-state index in [1.54, 1.807) is 30.3 Å². The van der Waals surface area contributed by atoms with E-state index >= 15 is 0 Å². The normalized spacial score (nSPS) is 18.3. The molecule has 122 valence electrons. The number of ether oxygens (including phenoxy) is 1. The fourth-order valence-electron chi connectivity index (χ4n) is 2.03. The molecule has 2 rings (SSSR count). The highest BCUT2D eigenvalue weighted by atomic mass is 32.1. The van der Waals surface area contributed by atoms with Crippen molar-refractivity contribution >= 4 is 23.2 Å². The highest BCUT2D eigenvalue weighted by molar-refractivity contribution is 7.09. The van der Waals surface area contributed by atoms with Gasteiger partial charge in [0.25, 0.3) is 0 Å². The van der Waals surface area contributed by atoms with Crippen LogP contribution < -0.4 is 10.6 Å². The van der Waals surface area contributed by atoms with Crippen molar-refractivity contribution in [3.63, 3.8) is 0 Å². The van der Waals surface area contributed by atoms with Crippen LogP contribution in [0.25, 0.3) is 0 Å². The smallest absolute Gasteiger partial charge is 0.243 e. The first-order valence-electron chi connectivity index (χ1n) is 7.47. The number of amides is 1. The first-order valence-corrected chi connectivity index (χ1v) is 8.35. The fraction of sp³-hybridized carbons (Fsp3) is 0.600. The van der Waals surface area contributed by atoms with Crippen LogP contribution in [0, 0.1) is 5.92 Å². The molecule has 1 aromatic heterocycles. The number of nitrogens with zero attached hydrogens (tertiary/aromatic N) is 2. The van der Waals surface area contributed by atoms with Crippen LogP contribution in [0.4, 0.5) is 0 Å². The number of likely N-dealkylation sites (N-methyl/N-ethyl adjacent to an activating group) is 1. The van der Waals surface area contributed by atoms with Gasteiger partial charge in [-0.2, -0.15) is 0 Å². The monoisotopic (exact) mass is 324 g/mol. The molecule has 1 saturated heterocycles.